The highest BCUT2D eigenvalue weighted by Gasteiger charge is 2.32. The van der Waals surface area contributed by atoms with E-state index in [2.05, 4.69) is 92.7 Å². The van der Waals surface area contributed by atoms with Gasteiger partial charge in [-0.2, -0.15) is 0 Å². The van der Waals surface area contributed by atoms with Gasteiger partial charge in [-0.15, -0.1) is 0 Å². The first kappa shape index (κ1) is 13.9. The number of rotatable bonds is 3. The smallest absolute Gasteiger partial charge is 0.0419 e. The molecule has 0 amide bonds. The molecule has 0 nitrogen and oxygen atoms in total. The molecule has 0 N–H and O–H groups in total. The summed E-state index contributed by atoms with van der Waals surface area (Å²) in [7, 11) is 0. The average molecular weight is 274 g/mol. The van der Waals surface area contributed by atoms with E-state index in [-0.39, 0.29) is 5.41 Å². The Morgan fingerprint density at radius 2 is 1.33 bits per heavy atom. The van der Waals surface area contributed by atoms with Crippen LogP contribution in [0.4, 0.5) is 0 Å². The molecule has 1 aliphatic rings. The molecule has 0 aliphatic heterocycles. The molecule has 3 rings (SSSR count). The number of benzene rings is 2. The highest BCUT2D eigenvalue weighted by molar-refractivity contribution is 5.49. The minimum absolute atomic E-state index is 0.0269. The molecule has 0 fully saturated rings. The number of allylic oxidation sites excluding steroid dienone is 4. The molecule has 0 bridgehead atoms. The van der Waals surface area contributed by atoms with Gasteiger partial charge in [-0.05, 0) is 29.0 Å². The molecule has 0 aromatic heterocycles. The molecular formula is C21H22. The molecule has 21 heavy (non-hydrogen) atoms. The molecule has 0 saturated heterocycles. The van der Waals surface area contributed by atoms with Crippen LogP contribution < -0.4 is 0 Å². The Hall–Kier alpha value is -2.08. The van der Waals surface area contributed by atoms with Crippen LogP contribution in [0.5, 0.6) is 0 Å². The second kappa shape index (κ2) is 5.73. The summed E-state index contributed by atoms with van der Waals surface area (Å²) >= 11 is 0. The van der Waals surface area contributed by atoms with Gasteiger partial charge in [0.2, 0.25) is 0 Å². The molecule has 0 atom stereocenters. The highest BCUT2D eigenvalue weighted by Crippen LogP contribution is 2.41. The Bertz CT molecular complexity index is 605. The van der Waals surface area contributed by atoms with Crippen LogP contribution in [0.25, 0.3) is 0 Å². The van der Waals surface area contributed by atoms with Gasteiger partial charge in [-0.3, -0.25) is 0 Å². The van der Waals surface area contributed by atoms with Crippen LogP contribution in [0, 0.1) is 5.92 Å². The Balaban J connectivity index is 2.09. The van der Waals surface area contributed by atoms with Crippen LogP contribution in [-0.2, 0) is 5.41 Å². The maximum atomic E-state index is 2.41. The van der Waals surface area contributed by atoms with Gasteiger partial charge >= 0.3 is 0 Å². The van der Waals surface area contributed by atoms with Crippen molar-refractivity contribution in [3.63, 3.8) is 0 Å². The first-order valence-electron chi connectivity index (χ1n) is 7.73. The zero-order valence-electron chi connectivity index (χ0n) is 12.8. The fraction of sp³-hybridized carbons (Fsp3) is 0.238. The lowest BCUT2D eigenvalue weighted by atomic mass is 9.69. The topological polar surface area (TPSA) is 0 Å². The summed E-state index contributed by atoms with van der Waals surface area (Å²) in [6.45, 7) is 4.52. The minimum Gasteiger partial charge on any atom is -0.0795 e. The first-order chi connectivity index (χ1) is 10.2. The van der Waals surface area contributed by atoms with Crippen LogP contribution in [-0.4, -0.2) is 0 Å². The Morgan fingerprint density at radius 3 is 1.71 bits per heavy atom. The van der Waals surface area contributed by atoms with Gasteiger partial charge in [0.15, 0.2) is 0 Å². The van der Waals surface area contributed by atoms with Gasteiger partial charge in [0, 0.05) is 5.41 Å². The summed E-state index contributed by atoms with van der Waals surface area (Å²) < 4.78 is 0. The minimum atomic E-state index is -0.0269. The maximum absolute atomic E-state index is 2.41. The lowest BCUT2D eigenvalue weighted by molar-refractivity contribution is 0.630. The van der Waals surface area contributed by atoms with E-state index in [1.807, 2.05) is 0 Å². The van der Waals surface area contributed by atoms with Crippen LogP contribution in [0.2, 0.25) is 0 Å². The summed E-state index contributed by atoms with van der Waals surface area (Å²) in [4.78, 5) is 0. The third-order valence-electron chi connectivity index (χ3n) is 4.46. The normalized spacial score (nSPS) is 16.8. The highest BCUT2D eigenvalue weighted by atomic mass is 14.3. The van der Waals surface area contributed by atoms with Crippen molar-refractivity contribution in [3.05, 3.63) is 95.6 Å². The third-order valence-corrected chi connectivity index (χ3v) is 4.46. The van der Waals surface area contributed by atoms with Gasteiger partial charge in [0.1, 0.15) is 0 Å². The molecule has 106 valence electrons. The second-order valence-electron chi connectivity index (χ2n) is 6.10. The van der Waals surface area contributed by atoms with Gasteiger partial charge in [-0.1, -0.05) is 92.7 Å². The molecule has 2 aromatic carbocycles. The molecule has 0 unspecified atom stereocenters. The predicted octanol–water partition coefficient (Wildman–Crippen LogP) is 5.52. The fourth-order valence-electron chi connectivity index (χ4n) is 3.15. The summed E-state index contributed by atoms with van der Waals surface area (Å²) in [5.74, 6) is 0.589. The van der Waals surface area contributed by atoms with Crippen LogP contribution >= 0.6 is 0 Å². The molecule has 2 aromatic rings. The molecular weight excluding hydrogens is 252 g/mol. The summed E-state index contributed by atoms with van der Waals surface area (Å²) in [5, 5.41) is 0. The third kappa shape index (κ3) is 2.58. The van der Waals surface area contributed by atoms with E-state index in [0.29, 0.717) is 5.92 Å². The second-order valence-corrected chi connectivity index (χ2v) is 6.10. The quantitative estimate of drug-likeness (QED) is 0.691. The summed E-state index contributed by atoms with van der Waals surface area (Å²) in [5.41, 5.74) is 4.15. The van der Waals surface area contributed by atoms with Crippen molar-refractivity contribution in [3.8, 4) is 0 Å². The van der Waals surface area contributed by atoms with Gasteiger partial charge in [0.25, 0.3) is 0 Å². The van der Waals surface area contributed by atoms with E-state index in [1.54, 1.807) is 0 Å². The van der Waals surface area contributed by atoms with E-state index < -0.39 is 0 Å². The van der Waals surface area contributed by atoms with E-state index in [1.165, 1.54) is 16.7 Å². The van der Waals surface area contributed by atoms with Crippen molar-refractivity contribution >= 4 is 0 Å². The van der Waals surface area contributed by atoms with Crippen molar-refractivity contribution in [2.45, 2.75) is 25.7 Å². The summed E-state index contributed by atoms with van der Waals surface area (Å²) in [6.07, 6.45) is 8.15. The van der Waals surface area contributed by atoms with Crippen LogP contribution in [0.1, 0.15) is 31.4 Å². The molecule has 0 radical (unpaired) electrons. The van der Waals surface area contributed by atoms with Crippen LogP contribution in [0.3, 0.4) is 0 Å². The van der Waals surface area contributed by atoms with E-state index in [4.69, 9.17) is 0 Å². The van der Waals surface area contributed by atoms with Crippen LogP contribution in [0.15, 0.2) is 84.5 Å². The number of hydrogen-bond acceptors (Lipinski definition) is 0. The van der Waals surface area contributed by atoms with E-state index in [0.717, 1.165) is 6.42 Å². The predicted molar refractivity (Wildman–Crippen MR) is 90.3 cm³/mol. The van der Waals surface area contributed by atoms with Gasteiger partial charge < -0.3 is 0 Å². The Labute approximate surface area is 127 Å². The Kier molecular flexibility index (Phi) is 3.79. The van der Waals surface area contributed by atoms with Crippen molar-refractivity contribution < 1.29 is 0 Å². The monoisotopic (exact) mass is 274 g/mol. The van der Waals surface area contributed by atoms with Gasteiger partial charge in [-0.25, -0.2) is 0 Å². The average Bonchev–Trinajstić information content (AvgIpc) is 2.56. The maximum Gasteiger partial charge on any atom is 0.0419 e. The van der Waals surface area contributed by atoms with E-state index >= 15 is 0 Å². The van der Waals surface area contributed by atoms with E-state index in [9.17, 15) is 0 Å². The Morgan fingerprint density at radius 1 is 0.810 bits per heavy atom. The zero-order chi connectivity index (χ0) is 14.7. The molecule has 0 heterocycles. The van der Waals surface area contributed by atoms with Crippen molar-refractivity contribution in [2.75, 3.05) is 0 Å². The lowest BCUT2D eigenvalue weighted by Crippen LogP contribution is -2.26. The summed E-state index contributed by atoms with van der Waals surface area (Å²) in [6, 6.07) is 21.7. The first-order valence-corrected chi connectivity index (χ1v) is 7.73. The van der Waals surface area contributed by atoms with Crippen molar-refractivity contribution in [2.24, 2.45) is 5.92 Å². The molecule has 1 aliphatic carbocycles. The zero-order valence-corrected chi connectivity index (χ0v) is 12.8. The van der Waals surface area contributed by atoms with Crippen molar-refractivity contribution in [1.29, 1.82) is 0 Å². The standard InChI is InChI=1S/C21H22/c1-17(2)18-13-15-21(16-14-18,19-9-5-3-6-10-19)20-11-7-4-8-12-20/h3-15,17H,16H2,1-2H3. The molecule has 0 spiro atoms. The largest absolute Gasteiger partial charge is 0.0795 e. The fourth-order valence-corrected chi connectivity index (χ4v) is 3.15. The van der Waals surface area contributed by atoms with Gasteiger partial charge in [0.05, 0.1) is 0 Å². The van der Waals surface area contributed by atoms with Crippen molar-refractivity contribution in [1.82, 2.24) is 0 Å². The molecule has 0 saturated carbocycles. The SMILES string of the molecule is CC(C)C1=CCC(c2ccccc2)(c2ccccc2)C=C1. The number of hydrogen-bond donors (Lipinski definition) is 0. The lowest BCUT2D eigenvalue weighted by Gasteiger charge is -2.34. The molecule has 0 heteroatoms.